The highest BCUT2D eigenvalue weighted by molar-refractivity contribution is 4.93. The molecule has 0 heteroatoms. The van der Waals surface area contributed by atoms with Crippen molar-refractivity contribution < 1.29 is 0 Å². The molecule has 0 N–H and O–H groups in total. The van der Waals surface area contributed by atoms with Crippen LogP contribution in [0.5, 0.6) is 0 Å². The largest absolute Gasteiger partial charge is 0.0880 e. The fraction of sp³-hybridized carbons (Fsp3) is 0.778. The van der Waals surface area contributed by atoms with Crippen molar-refractivity contribution in [1.29, 1.82) is 0 Å². The minimum Gasteiger partial charge on any atom is -0.0880 e. The van der Waals surface area contributed by atoms with Crippen molar-refractivity contribution in [3.63, 3.8) is 0 Å². The fourth-order valence-electron chi connectivity index (χ4n) is 2.05. The van der Waals surface area contributed by atoms with E-state index in [2.05, 4.69) is 58.9 Å². The van der Waals surface area contributed by atoms with E-state index in [4.69, 9.17) is 0 Å². The molecule has 106 valence electrons. The summed E-state index contributed by atoms with van der Waals surface area (Å²) in [5.41, 5.74) is 0. The van der Waals surface area contributed by atoms with E-state index in [-0.39, 0.29) is 0 Å². The summed E-state index contributed by atoms with van der Waals surface area (Å²) >= 11 is 0. The lowest BCUT2D eigenvalue weighted by molar-refractivity contribution is 0.499. The van der Waals surface area contributed by atoms with Crippen LogP contribution in [0.2, 0.25) is 0 Å². The quantitative estimate of drug-likeness (QED) is 0.311. The number of allylic oxidation sites excluding steroid dienone is 4. The van der Waals surface area contributed by atoms with E-state index < -0.39 is 0 Å². The third-order valence-corrected chi connectivity index (χ3v) is 3.33. The highest BCUT2D eigenvalue weighted by Crippen LogP contribution is 2.15. The average molecular weight is 250 g/mol. The molecule has 2 atom stereocenters. The summed E-state index contributed by atoms with van der Waals surface area (Å²) in [5.74, 6) is 2.22. The molecule has 0 rings (SSSR count). The maximum absolute atomic E-state index is 2.39. The van der Waals surface area contributed by atoms with Gasteiger partial charge in [0.15, 0.2) is 0 Å². The van der Waals surface area contributed by atoms with E-state index >= 15 is 0 Å². The molecule has 0 aromatic rings. The van der Waals surface area contributed by atoms with Crippen LogP contribution in [0.25, 0.3) is 0 Å². The van der Waals surface area contributed by atoms with Gasteiger partial charge in [0.25, 0.3) is 0 Å². The van der Waals surface area contributed by atoms with Gasteiger partial charge in [-0.15, -0.1) is 0 Å². The first kappa shape index (κ1) is 17.5. The Kier molecular flexibility index (Phi) is 11.2. The molecule has 0 spiro atoms. The summed E-state index contributed by atoms with van der Waals surface area (Å²) in [7, 11) is 0. The van der Waals surface area contributed by atoms with E-state index in [1.807, 2.05) is 0 Å². The summed E-state index contributed by atoms with van der Waals surface area (Å²) < 4.78 is 0. The van der Waals surface area contributed by atoms with Crippen molar-refractivity contribution in [2.45, 2.75) is 73.1 Å². The number of unbranched alkanes of at least 4 members (excludes halogenated alkanes) is 2. The lowest BCUT2D eigenvalue weighted by Crippen LogP contribution is -1.93. The second kappa shape index (κ2) is 11.6. The summed E-state index contributed by atoms with van der Waals surface area (Å²) in [6.07, 6.45) is 17.4. The van der Waals surface area contributed by atoms with Crippen LogP contribution in [0.3, 0.4) is 0 Å². The minimum atomic E-state index is 0.680. The van der Waals surface area contributed by atoms with E-state index in [9.17, 15) is 0 Å². The second-order valence-corrected chi connectivity index (χ2v) is 6.15. The van der Waals surface area contributed by atoms with Gasteiger partial charge < -0.3 is 0 Å². The molecular formula is C18H34. The Bertz CT molecular complexity index is 222. The van der Waals surface area contributed by atoms with Gasteiger partial charge >= 0.3 is 0 Å². The molecule has 2 unspecified atom stereocenters. The molecule has 0 fully saturated rings. The first-order valence-electron chi connectivity index (χ1n) is 7.89. The van der Waals surface area contributed by atoms with Crippen LogP contribution in [0, 0.1) is 17.8 Å². The molecule has 0 aromatic carbocycles. The van der Waals surface area contributed by atoms with Gasteiger partial charge in [-0.3, -0.25) is 0 Å². The molecule has 0 saturated heterocycles. The van der Waals surface area contributed by atoms with Gasteiger partial charge in [-0.05, 0) is 30.6 Å². The molecule has 0 aliphatic rings. The SMILES string of the molecule is CCCCCC(C)CC=CC(C)CC=CC(C)C. The molecule has 0 nitrogen and oxygen atoms in total. The van der Waals surface area contributed by atoms with Crippen molar-refractivity contribution in [2.24, 2.45) is 17.8 Å². The summed E-state index contributed by atoms with van der Waals surface area (Å²) in [4.78, 5) is 0. The molecule has 0 amide bonds. The molecule has 0 saturated carbocycles. The molecule has 0 radical (unpaired) electrons. The molecule has 0 bridgehead atoms. The predicted octanol–water partition coefficient (Wildman–Crippen LogP) is 6.39. The first-order chi connectivity index (χ1) is 8.56. The molecular weight excluding hydrogens is 216 g/mol. The van der Waals surface area contributed by atoms with Crippen LogP contribution in [-0.2, 0) is 0 Å². The van der Waals surface area contributed by atoms with Crippen molar-refractivity contribution in [2.75, 3.05) is 0 Å². The van der Waals surface area contributed by atoms with Gasteiger partial charge in [0.05, 0.1) is 0 Å². The molecule has 0 aliphatic heterocycles. The monoisotopic (exact) mass is 250 g/mol. The van der Waals surface area contributed by atoms with Crippen LogP contribution < -0.4 is 0 Å². The van der Waals surface area contributed by atoms with Crippen LogP contribution in [0.15, 0.2) is 24.3 Å². The van der Waals surface area contributed by atoms with Gasteiger partial charge in [-0.25, -0.2) is 0 Å². The number of hydrogen-bond acceptors (Lipinski definition) is 0. The molecule has 0 aromatic heterocycles. The Hall–Kier alpha value is -0.520. The Labute approximate surface area is 116 Å². The van der Waals surface area contributed by atoms with Crippen molar-refractivity contribution in [3.05, 3.63) is 24.3 Å². The van der Waals surface area contributed by atoms with Gasteiger partial charge in [-0.1, -0.05) is 84.6 Å². The zero-order valence-corrected chi connectivity index (χ0v) is 13.3. The van der Waals surface area contributed by atoms with Crippen LogP contribution in [0.1, 0.15) is 73.1 Å². The summed E-state index contributed by atoms with van der Waals surface area (Å²) in [5, 5.41) is 0. The van der Waals surface area contributed by atoms with E-state index in [1.54, 1.807) is 0 Å². The van der Waals surface area contributed by atoms with Crippen LogP contribution >= 0.6 is 0 Å². The fourth-order valence-corrected chi connectivity index (χ4v) is 2.05. The standard InChI is InChI=1S/C18H34/c1-6-7-8-12-17(4)14-10-15-18(5)13-9-11-16(2)3/h9-11,15-18H,6-8,12-14H2,1-5H3. The lowest BCUT2D eigenvalue weighted by atomic mass is 9.98. The highest BCUT2D eigenvalue weighted by atomic mass is 14.1. The number of hydrogen-bond donors (Lipinski definition) is 0. The van der Waals surface area contributed by atoms with Gasteiger partial charge in [0.1, 0.15) is 0 Å². The van der Waals surface area contributed by atoms with Crippen LogP contribution in [0.4, 0.5) is 0 Å². The predicted molar refractivity (Wildman–Crippen MR) is 84.8 cm³/mol. The topological polar surface area (TPSA) is 0 Å². The average Bonchev–Trinajstić information content (AvgIpc) is 2.29. The molecule has 18 heavy (non-hydrogen) atoms. The Morgan fingerprint density at radius 3 is 2.11 bits per heavy atom. The zero-order chi connectivity index (χ0) is 13.8. The van der Waals surface area contributed by atoms with Gasteiger partial charge in [0.2, 0.25) is 0 Å². The number of rotatable bonds is 10. The summed E-state index contributed by atoms with van der Waals surface area (Å²) in [6, 6.07) is 0. The maximum atomic E-state index is 2.39. The maximum Gasteiger partial charge on any atom is -0.0227 e. The molecule has 0 aliphatic carbocycles. The van der Waals surface area contributed by atoms with Crippen molar-refractivity contribution >= 4 is 0 Å². The van der Waals surface area contributed by atoms with Crippen molar-refractivity contribution in [1.82, 2.24) is 0 Å². The minimum absolute atomic E-state index is 0.680. The Morgan fingerprint density at radius 1 is 0.833 bits per heavy atom. The first-order valence-corrected chi connectivity index (χ1v) is 7.89. The normalized spacial score (nSPS) is 15.9. The second-order valence-electron chi connectivity index (χ2n) is 6.15. The zero-order valence-electron chi connectivity index (χ0n) is 13.3. The third-order valence-electron chi connectivity index (χ3n) is 3.33. The smallest absolute Gasteiger partial charge is 0.0227 e. The summed E-state index contributed by atoms with van der Waals surface area (Å²) in [6.45, 7) is 11.4. The highest BCUT2D eigenvalue weighted by Gasteiger charge is 1.99. The van der Waals surface area contributed by atoms with Crippen molar-refractivity contribution in [3.8, 4) is 0 Å². The lowest BCUT2D eigenvalue weighted by Gasteiger charge is -2.08. The third kappa shape index (κ3) is 12.0. The van der Waals surface area contributed by atoms with Gasteiger partial charge in [0, 0.05) is 0 Å². The van der Waals surface area contributed by atoms with Gasteiger partial charge in [-0.2, -0.15) is 0 Å². The van der Waals surface area contributed by atoms with E-state index in [0.717, 1.165) is 5.92 Å². The van der Waals surface area contributed by atoms with Crippen LogP contribution in [-0.4, -0.2) is 0 Å². The molecule has 0 heterocycles. The Balaban J connectivity index is 3.66. The Morgan fingerprint density at radius 2 is 1.50 bits per heavy atom. The van der Waals surface area contributed by atoms with E-state index in [0.29, 0.717) is 11.8 Å². The van der Waals surface area contributed by atoms with E-state index in [1.165, 1.54) is 38.5 Å².